The molecule has 126 valence electrons. The van der Waals surface area contributed by atoms with Gasteiger partial charge in [0.25, 0.3) is 0 Å². The van der Waals surface area contributed by atoms with Gasteiger partial charge in [0.05, 0.1) is 13.2 Å². The Bertz CT molecular complexity index is 717. The van der Waals surface area contributed by atoms with E-state index in [-0.39, 0.29) is 5.92 Å². The number of rotatable bonds is 2. The second-order valence-corrected chi connectivity index (χ2v) is 6.43. The zero-order valence-corrected chi connectivity index (χ0v) is 13.7. The minimum atomic E-state index is 0.132. The average molecular weight is 326 g/mol. The van der Waals surface area contributed by atoms with E-state index in [0.717, 1.165) is 55.6 Å². The number of hydrogen-bond donors (Lipinski definition) is 0. The van der Waals surface area contributed by atoms with Gasteiger partial charge in [0.2, 0.25) is 5.91 Å². The van der Waals surface area contributed by atoms with Crippen molar-refractivity contribution in [1.82, 2.24) is 14.9 Å². The molecule has 0 atom stereocenters. The van der Waals surface area contributed by atoms with Crippen LogP contribution in [0.5, 0.6) is 0 Å². The molecule has 2 aliphatic heterocycles. The van der Waals surface area contributed by atoms with Crippen LogP contribution in [0.2, 0.25) is 0 Å². The third kappa shape index (κ3) is 2.94. The number of pyridine rings is 2. The number of ether oxygens (including phenoxy) is 1. The Labute approximate surface area is 141 Å². The van der Waals surface area contributed by atoms with Gasteiger partial charge in [-0.25, -0.2) is 4.98 Å². The van der Waals surface area contributed by atoms with E-state index >= 15 is 0 Å². The van der Waals surface area contributed by atoms with Crippen molar-refractivity contribution in [3.8, 4) is 0 Å². The summed E-state index contributed by atoms with van der Waals surface area (Å²) in [6, 6.07) is 4.02. The number of piperidine rings is 1. The second-order valence-electron chi connectivity index (χ2n) is 6.43. The zero-order valence-electron chi connectivity index (χ0n) is 13.7. The van der Waals surface area contributed by atoms with Crippen LogP contribution < -0.4 is 4.90 Å². The SMILES string of the molecule is O=C(C1CCN(c2nccc3ccncc23)CC1)N1CCOCC1. The van der Waals surface area contributed by atoms with Crippen molar-refractivity contribution in [2.24, 2.45) is 5.92 Å². The van der Waals surface area contributed by atoms with Gasteiger partial charge in [-0.2, -0.15) is 0 Å². The predicted octanol–water partition coefficient (Wildman–Crippen LogP) is 1.71. The lowest BCUT2D eigenvalue weighted by Gasteiger charge is -2.36. The minimum absolute atomic E-state index is 0.132. The average Bonchev–Trinajstić information content (AvgIpc) is 2.68. The first kappa shape index (κ1) is 15.3. The third-order valence-corrected chi connectivity index (χ3v) is 5.01. The number of aromatic nitrogens is 2. The molecule has 0 spiro atoms. The van der Waals surface area contributed by atoms with Crippen molar-refractivity contribution in [2.75, 3.05) is 44.3 Å². The largest absolute Gasteiger partial charge is 0.378 e. The molecule has 0 N–H and O–H groups in total. The van der Waals surface area contributed by atoms with E-state index in [1.807, 2.05) is 29.4 Å². The highest BCUT2D eigenvalue weighted by atomic mass is 16.5. The Hall–Kier alpha value is -2.21. The molecule has 6 nitrogen and oxygen atoms in total. The highest BCUT2D eigenvalue weighted by Gasteiger charge is 2.30. The van der Waals surface area contributed by atoms with Crippen molar-refractivity contribution in [3.63, 3.8) is 0 Å². The number of nitrogens with zero attached hydrogens (tertiary/aromatic N) is 4. The molecule has 24 heavy (non-hydrogen) atoms. The van der Waals surface area contributed by atoms with Crippen LogP contribution in [0.15, 0.2) is 30.7 Å². The van der Waals surface area contributed by atoms with Crippen LogP contribution in [0, 0.1) is 5.92 Å². The summed E-state index contributed by atoms with van der Waals surface area (Å²) in [4.78, 5) is 25.7. The van der Waals surface area contributed by atoms with E-state index < -0.39 is 0 Å². The minimum Gasteiger partial charge on any atom is -0.378 e. The van der Waals surface area contributed by atoms with Crippen molar-refractivity contribution >= 4 is 22.5 Å². The molecular weight excluding hydrogens is 304 g/mol. The van der Waals surface area contributed by atoms with Crippen LogP contribution in [-0.4, -0.2) is 60.2 Å². The van der Waals surface area contributed by atoms with Crippen LogP contribution in [0.25, 0.3) is 10.8 Å². The summed E-state index contributed by atoms with van der Waals surface area (Å²) >= 11 is 0. The van der Waals surface area contributed by atoms with Gasteiger partial charge in [-0.15, -0.1) is 0 Å². The lowest BCUT2D eigenvalue weighted by Crippen LogP contribution is -2.47. The quantitative estimate of drug-likeness (QED) is 0.841. The molecule has 1 amide bonds. The Balaban J connectivity index is 1.45. The topological polar surface area (TPSA) is 58.6 Å². The van der Waals surface area contributed by atoms with Gasteiger partial charge in [0.15, 0.2) is 0 Å². The molecular formula is C18H22N4O2. The maximum absolute atomic E-state index is 12.6. The summed E-state index contributed by atoms with van der Waals surface area (Å²) < 4.78 is 5.34. The van der Waals surface area contributed by atoms with Gasteiger partial charge in [-0.1, -0.05) is 0 Å². The summed E-state index contributed by atoms with van der Waals surface area (Å²) in [5, 5.41) is 2.24. The van der Waals surface area contributed by atoms with Crippen LogP contribution in [-0.2, 0) is 9.53 Å². The van der Waals surface area contributed by atoms with Gasteiger partial charge >= 0.3 is 0 Å². The first-order valence-electron chi connectivity index (χ1n) is 8.63. The molecule has 2 aromatic heterocycles. The molecule has 6 heteroatoms. The van der Waals surface area contributed by atoms with Crippen LogP contribution >= 0.6 is 0 Å². The normalized spacial score (nSPS) is 19.7. The molecule has 2 fully saturated rings. The highest BCUT2D eigenvalue weighted by molar-refractivity contribution is 5.91. The van der Waals surface area contributed by atoms with Crippen LogP contribution in [0.4, 0.5) is 5.82 Å². The molecule has 0 aromatic carbocycles. The standard InChI is InChI=1S/C18H22N4O2/c23-18(22-9-11-24-12-10-22)15-3-7-21(8-4-15)17-16-13-19-5-1-14(16)2-6-20-17/h1-2,5-6,13,15H,3-4,7-12H2. The molecule has 2 saturated heterocycles. The first-order chi connectivity index (χ1) is 11.8. The summed E-state index contributed by atoms with van der Waals surface area (Å²) in [7, 11) is 0. The molecule has 0 saturated carbocycles. The van der Waals surface area contributed by atoms with E-state index in [4.69, 9.17) is 4.74 Å². The smallest absolute Gasteiger partial charge is 0.225 e. The molecule has 2 aliphatic rings. The van der Waals surface area contributed by atoms with Gasteiger partial charge in [-0.05, 0) is 30.4 Å². The fraction of sp³-hybridized carbons (Fsp3) is 0.500. The molecule has 4 heterocycles. The molecule has 2 aromatic rings. The fourth-order valence-electron chi connectivity index (χ4n) is 3.63. The van der Waals surface area contributed by atoms with Crippen LogP contribution in [0.3, 0.4) is 0 Å². The Morgan fingerprint density at radius 2 is 1.83 bits per heavy atom. The predicted molar refractivity (Wildman–Crippen MR) is 91.9 cm³/mol. The number of hydrogen-bond acceptors (Lipinski definition) is 5. The molecule has 0 bridgehead atoms. The number of carbonyl (C=O) groups excluding carboxylic acids is 1. The third-order valence-electron chi connectivity index (χ3n) is 5.01. The van der Waals surface area contributed by atoms with Gasteiger partial charge in [0.1, 0.15) is 5.82 Å². The number of amides is 1. The van der Waals surface area contributed by atoms with E-state index in [2.05, 4.69) is 14.9 Å². The maximum atomic E-state index is 12.6. The summed E-state index contributed by atoms with van der Waals surface area (Å²) in [6.07, 6.45) is 7.30. The number of anilines is 1. The van der Waals surface area contributed by atoms with Crippen LogP contribution in [0.1, 0.15) is 12.8 Å². The zero-order chi connectivity index (χ0) is 16.4. The Morgan fingerprint density at radius 3 is 2.62 bits per heavy atom. The number of fused-ring (bicyclic) bond motifs is 1. The van der Waals surface area contributed by atoms with Gasteiger partial charge in [0, 0.05) is 56.1 Å². The number of carbonyl (C=O) groups is 1. The lowest BCUT2D eigenvalue weighted by atomic mass is 9.95. The highest BCUT2D eigenvalue weighted by Crippen LogP contribution is 2.28. The van der Waals surface area contributed by atoms with Gasteiger partial charge < -0.3 is 14.5 Å². The van der Waals surface area contributed by atoms with Crippen molar-refractivity contribution in [1.29, 1.82) is 0 Å². The summed E-state index contributed by atoms with van der Waals surface area (Å²) in [5.41, 5.74) is 0. The van der Waals surface area contributed by atoms with Gasteiger partial charge in [-0.3, -0.25) is 9.78 Å². The van der Waals surface area contributed by atoms with Crippen molar-refractivity contribution in [2.45, 2.75) is 12.8 Å². The fourth-order valence-corrected chi connectivity index (χ4v) is 3.63. The monoisotopic (exact) mass is 326 g/mol. The maximum Gasteiger partial charge on any atom is 0.225 e. The van der Waals surface area contributed by atoms with E-state index in [1.165, 1.54) is 0 Å². The molecule has 0 aliphatic carbocycles. The van der Waals surface area contributed by atoms with E-state index in [1.54, 1.807) is 6.20 Å². The van der Waals surface area contributed by atoms with Crippen molar-refractivity contribution in [3.05, 3.63) is 30.7 Å². The first-order valence-corrected chi connectivity index (χ1v) is 8.63. The van der Waals surface area contributed by atoms with E-state index in [0.29, 0.717) is 19.1 Å². The number of morpholine rings is 1. The molecule has 4 rings (SSSR count). The second kappa shape index (κ2) is 6.73. The van der Waals surface area contributed by atoms with E-state index in [9.17, 15) is 4.79 Å². The summed E-state index contributed by atoms with van der Waals surface area (Å²) in [6.45, 7) is 4.52. The summed E-state index contributed by atoms with van der Waals surface area (Å²) in [5.74, 6) is 1.41. The Kier molecular flexibility index (Phi) is 4.30. The lowest BCUT2D eigenvalue weighted by molar-refractivity contribution is -0.140. The molecule has 0 unspecified atom stereocenters. The Morgan fingerprint density at radius 1 is 1.08 bits per heavy atom. The van der Waals surface area contributed by atoms with Crippen molar-refractivity contribution < 1.29 is 9.53 Å². The molecule has 0 radical (unpaired) electrons.